The van der Waals surface area contributed by atoms with Crippen molar-refractivity contribution in [2.75, 3.05) is 6.54 Å². The van der Waals surface area contributed by atoms with E-state index in [1.54, 1.807) is 11.3 Å². The summed E-state index contributed by atoms with van der Waals surface area (Å²) in [6.07, 6.45) is 1.13. The molecule has 0 saturated heterocycles. The van der Waals surface area contributed by atoms with Gasteiger partial charge in [-0.3, -0.25) is 0 Å². The van der Waals surface area contributed by atoms with Gasteiger partial charge in [0.1, 0.15) is 10.0 Å². The Bertz CT molecular complexity index is 534. The van der Waals surface area contributed by atoms with Gasteiger partial charge < -0.3 is 5.32 Å². The predicted octanol–water partition coefficient (Wildman–Crippen LogP) is 3.92. The Hall–Kier alpha value is -1.26. The summed E-state index contributed by atoms with van der Waals surface area (Å²) in [4.78, 5) is 0. The van der Waals surface area contributed by atoms with Crippen LogP contribution in [0.25, 0.3) is 0 Å². The van der Waals surface area contributed by atoms with Crippen LogP contribution in [-0.2, 0) is 5.41 Å². The average molecular weight is 289 g/mol. The smallest absolute Gasteiger partial charge is 0.134 e. The number of aromatic nitrogens is 2. The van der Waals surface area contributed by atoms with Gasteiger partial charge in [-0.1, -0.05) is 48.6 Å². The zero-order chi connectivity index (χ0) is 14.6. The lowest BCUT2D eigenvalue weighted by Crippen LogP contribution is -2.19. The van der Waals surface area contributed by atoms with Crippen LogP contribution in [0, 0.1) is 0 Å². The number of hydrogen-bond donors (Lipinski definition) is 1. The molecule has 2 rings (SSSR count). The molecule has 0 radical (unpaired) electrons. The van der Waals surface area contributed by atoms with E-state index >= 15 is 0 Å². The molecule has 1 aromatic carbocycles. The minimum Gasteiger partial charge on any atom is -0.308 e. The fourth-order valence-corrected chi connectivity index (χ4v) is 3.08. The van der Waals surface area contributed by atoms with Crippen molar-refractivity contribution >= 4 is 11.3 Å². The molecule has 1 atom stereocenters. The first-order chi connectivity index (χ1) is 9.55. The number of nitrogens with one attached hydrogen (secondary N) is 1. The van der Waals surface area contributed by atoms with E-state index in [9.17, 15) is 0 Å². The van der Waals surface area contributed by atoms with Gasteiger partial charge in [-0.05, 0) is 39.3 Å². The van der Waals surface area contributed by atoms with Crippen molar-refractivity contribution in [2.45, 2.75) is 45.6 Å². The molecule has 20 heavy (non-hydrogen) atoms. The van der Waals surface area contributed by atoms with E-state index in [0.29, 0.717) is 0 Å². The summed E-state index contributed by atoms with van der Waals surface area (Å²) >= 11 is 1.71. The summed E-state index contributed by atoms with van der Waals surface area (Å²) < 4.78 is 0. The van der Waals surface area contributed by atoms with E-state index < -0.39 is 0 Å². The standard InChI is InChI=1S/C16H23N3S/c1-5-11-17-12(2)14-18-19-15(20-14)16(3,4)13-9-7-6-8-10-13/h6-10,12,17H,5,11H2,1-4H3. The molecule has 1 unspecified atom stereocenters. The van der Waals surface area contributed by atoms with Gasteiger partial charge in [-0.15, -0.1) is 10.2 Å². The molecule has 4 heteroatoms. The Kier molecular flexibility index (Phi) is 4.89. The van der Waals surface area contributed by atoms with Crippen LogP contribution in [0.1, 0.15) is 55.7 Å². The van der Waals surface area contributed by atoms with E-state index in [2.05, 4.69) is 67.5 Å². The van der Waals surface area contributed by atoms with Crippen LogP contribution >= 0.6 is 11.3 Å². The van der Waals surface area contributed by atoms with E-state index in [1.165, 1.54) is 5.56 Å². The first kappa shape index (κ1) is 15.1. The maximum Gasteiger partial charge on any atom is 0.134 e. The molecule has 2 aromatic rings. The second-order valence-electron chi connectivity index (χ2n) is 5.61. The number of rotatable bonds is 6. The summed E-state index contributed by atoms with van der Waals surface area (Å²) in [5.74, 6) is 0. The lowest BCUT2D eigenvalue weighted by atomic mass is 9.85. The third kappa shape index (κ3) is 3.25. The van der Waals surface area contributed by atoms with Gasteiger partial charge in [-0.25, -0.2) is 0 Å². The first-order valence-electron chi connectivity index (χ1n) is 7.18. The molecule has 108 valence electrons. The molecule has 0 aliphatic heterocycles. The Morgan fingerprint density at radius 2 is 1.90 bits per heavy atom. The fourth-order valence-electron chi connectivity index (χ4n) is 2.09. The van der Waals surface area contributed by atoms with E-state index in [1.807, 2.05) is 6.07 Å². The number of hydrogen-bond acceptors (Lipinski definition) is 4. The topological polar surface area (TPSA) is 37.8 Å². The van der Waals surface area contributed by atoms with Crippen LogP contribution in [0.4, 0.5) is 0 Å². The molecule has 1 N–H and O–H groups in total. The van der Waals surface area contributed by atoms with Crippen LogP contribution in [-0.4, -0.2) is 16.7 Å². The second-order valence-corrected chi connectivity index (χ2v) is 6.62. The molecule has 0 bridgehead atoms. The highest BCUT2D eigenvalue weighted by molar-refractivity contribution is 7.11. The molecule has 0 aliphatic carbocycles. The largest absolute Gasteiger partial charge is 0.308 e. The fraction of sp³-hybridized carbons (Fsp3) is 0.500. The van der Waals surface area contributed by atoms with Gasteiger partial charge in [0, 0.05) is 5.41 Å². The average Bonchev–Trinajstić information content (AvgIpc) is 2.96. The normalized spacial score (nSPS) is 13.4. The summed E-state index contributed by atoms with van der Waals surface area (Å²) in [6, 6.07) is 10.8. The number of benzene rings is 1. The van der Waals surface area contributed by atoms with Crippen molar-refractivity contribution in [3.05, 3.63) is 45.9 Å². The molecule has 0 saturated carbocycles. The highest BCUT2D eigenvalue weighted by atomic mass is 32.1. The van der Waals surface area contributed by atoms with Crippen LogP contribution < -0.4 is 5.32 Å². The molecule has 0 spiro atoms. The van der Waals surface area contributed by atoms with Crippen molar-refractivity contribution in [2.24, 2.45) is 0 Å². The highest BCUT2D eigenvalue weighted by Gasteiger charge is 2.28. The maximum atomic E-state index is 4.42. The van der Waals surface area contributed by atoms with Gasteiger partial charge in [0.05, 0.1) is 6.04 Å². The summed E-state index contributed by atoms with van der Waals surface area (Å²) in [7, 11) is 0. The Morgan fingerprint density at radius 1 is 1.20 bits per heavy atom. The van der Waals surface area contributed by atoms with Crippen molar-refractivity contribution in [3.8, 4) is 0 Å². The third-order valence-electron chi connectivity index (χ3n) is 3.54. The highest BCUT2D eigenvalue weighted by Crippen LogP contribution is 2.34. The number of nitrogens with zero attached hydrogens (tertiary/aromatic N) is 2. The molecule has 0 amide bonds. The van der Waals surface area contributed by atoms with Crippen molar-refractivity contribution in [1.29, 1.82) is 0 Å². The molecule has 1 heterocycles. The van der Waals surface area contributed by atoms with Crippen LogP contribution in [0.5, 0.6) is 0 Å². The summed E-state index contributed by atoms with van der Waals surface area (Å²) in [5, 5.41) is 14.4. The van der Waals surface area contributed by atoms with E-state index in [0.717, 1.165) is 23.0 Å². The molecule has 0 aliphatic rings. The maximum absolute atomic E-state index is 4.42. The Balaban J connectivity index is 2.19. The van der Waals surface area contributed by atoms with Crippen molar-refractivity contribution in [1.82, 2.24) is 15.5 Å². The Labute approximate surface area is 125 Å². The molecular formula is C16H23N3S. The SMILES string of the molecule is CCCNC(C)c1nnc(C(C)(C)c2ccccc2)s1. The van der Waals surface area contributed by atoms with Crippen LogP contribution in [0.3, 0.4) is 0 Å². The summed E-state index contributed by atoms with van der Waals surface area (Å²) in [5.41, 5.74) is 1.18. The first-order valence-corrected chi connectivity index (χ1v) is 8.00. The minimum absolute atomic E-state index is 0.0956. The minimum atomic E-state index is -0.0956. The van der Waals surface area contributed by atoms with Crippen molar-refractivity contribution in [3.63, 3.8) is 0 Å². The molecule has 1 aromatic heterocycles. The van der Waals surface area contributed by atoms with E-state index in [4.69, 9.17) is 0 Å². The van der Waals surface area contributed by atoms with Crippen molar-refractivity contribution < 1.29 is 0 Å². The predicted molar refractivity (Wildman–Crippen MR) is 85.2 cm³/mol. The monoisotopic (exact) mass is 289 g/mol. The van der Waals surface area contributed by atoms with Crippen LogP contribution in [0.2, 0.25) is 0 Å². The Morgan fingerprint density at radius 3 is 2.55 bits per heavy atom. The zero-order valence-electron chi connectivity index (χ0n) is 12.7. The molecule has 0 fully saturated rings. The third-order valence-corrected chi connectivity index (χ3v) is 4.97. The molecular weight excluding hydrogens is 266 g/mol. The van der Waals surface area contributed by atoms with Gasteiger partial charge >= 0.3 is 0 Å². The quantitative estimate of drug-likeness (QED) is 0.875. The van der Waals surface area contributed by atoms with Gasteiger partial charge in [0.2, 0.25) is 0 Å². The van der Waals surface area contributed by atoms with Gasteiger partial charge in [0.25, 0.3) is 0 Å². The molecule has 3 nitrogen and oxygen atoms in total. The van der Waals surface area contributed by atoms with Gasteiger partial charge in [0.15, 0.2) is 0 Å². The lowest BCUT2D eigenvalue weighted by Gasteiger charge is -2.21. The summed E-state index contributed by atoms with van der Waals surface area (Å²) in [6.45, 7) is 9.74. The lowest BCUT2D eigenvalue weighted by molar-refractivity contribution is 0.562. The van der Waals surface area contributed by atoms with E-state index in [-0.39, 0.29) is 11.5 Å². The second kappa shape index (κ2) is 6.46. The van der Waals surface area contributed by atoms with Gasteiger partial charge in [-0.2, -0.15) is 0 Å². The zero-order valence-corrected chi connectivity index (χ0v) is 13.5. The van der Waals surface area contributed by atoms with Crippen LogP contribution in [0.15, 0.2) is 30.3 Å².